The molecule has 1 amide bonds. The number of carbonyl (C=O) groups is 1. The van der Waals surface area contributed by atoms with Crippen LogP contribution in [0, 0.1) is 0 Å². The van der Waals surface area contributed by atoms with E-state index in [0.717, 1.165) is 37.8 Å². The van der Waals surface area contributed by atoms with Crippen molar-refractivity contribution in [1.29, 1.82) is 0 Å². The van der Waals surface area contributed by atoms with Crippen LogP contribution in [0.3, 0.4) is 0 Å². The van der Waals surface area contributed by atoms with E-state index in [1.807, 2.05) is 25.1 Å². The number of amides is 1. The summed E-state index contributed by atoms with van der Waals surface area (Å²) in [6, 6.07) is 8.91. The van der Waals surface area contributed by atoms with Gasteiger partial charge in [-0.3, -0.25) is 4.79 Å². The molecule has 1 saturated heterocycles. The topological polar surface area (TPSA) is 62.6 Å². The van der Waals surface area contributed by atoms with Gasteiger partial charge in [0.05, 0.1) is 26.2 Å². The van der Waals surface area contributed by atoms with Crippen LogP contribution in [0.1, 0.15) is 6.92 Å². The molecule has 0 unspecified atom stereocenters. The van der Waals surface area contributed by atoms with Crippen LogP contribution in [0.5, 0.6) is 0 Å². The number of halogens is 1. The smallest absolute Gasteiger partial charge is 0.282 e. The van der Waals surface area contributed by atoms with Gasteiger partial charge in [0.1, 0.15) is 0 Å². The zero-order valence-corrected chi connectivity index (χ0v) is 14.3. The molecule has 0 aliphatic carbocycles. The average molecular weight is 347 g/mol. The minimum Gasteiger partial charge on any atom is -0.330 e. The van der Waals surface area contributed by atoms with Crippen molar-refractivity contribution < 1.29 is 9.69 Å². The van der Waals surface area contributed by atoms with Crippen LogP contribution < -0.4 is 15.1 Å². The second-order valence-corrected chi connectivity index (χ2v) is 6.35. The lowest BCUT2D eigenvalue weighted by atomic mass is 10.2. The highest BCUT2D eigenvalue weighted by molar-refractivity contribution is 6.30. The maximum Gasteiger partial charge on any atom is 0.282 e. The van der Waals surface area contributed by atoms with Crippen LogP contribution in [0.15, 0.2) is 42.7 Å². The van der Waals surface area contributed by atoms with Gasteiger partial charge >= 0.3 is 0 Å². The van der Waals surface area contributed by atoms with Gasteiger partial charge in [0.2, 0.25) is 5.95 Å². The van der Waals surface area contributed by atoms with Crippen molar-refractivity contribution in [3.05, 3.63) is 47.7 Å². The number of hydrogen-bond acceptors (Lipinski definition) is 4. The van der Waals surface area contributed by atoms with E-state index in [0.29, 0.717) is 5.02 Å². The second kappa shape index (κ2) is 7.59. The van der Waals surface area contributed by atoms with Crippen LogP contribution in [-0.2, 0) is 4.79 Å². The SMILES string of the molecule is C[C@@H](C(=O)Nc1cccc(Cl)c1)[NH+]1CCN(c2ncccn2)CC1. The van der Waals surface area contributed by atoms with Gasteiger partial charge < -0.3 is 15.1 Å². The molecule has 0 radical (unpaired) electrons. The van der Waals surface area contributed by atoms with E-state index in [-0.39, 0.29) is 11.9 Å². The number of piperazine rings is 1. The summed E-state index contributed by atoms with van der Waals surface area (Å²) in [5, 5.41) is 3.56. The lowest BCUT2D eigenvalue weighted by Crippen LogP contribution is -3.19. The van der Waals surface area contributed by atoms with E-state index < -0.39 is 0 Å². The largest absolute Gasteiger partial charge is 0.330 e. The Morgan fingerprint density at radius 2 is 1.96 bits per heavy atom. The number of hydrogen-bond donors (Lipinski definition) is 2. The van der Waals surface area contributed by atoms with E-state index >= 15 is 0 Å². The number of nitrogens with one attached hydrogen (secondary N) is 2. The third kappa shape index (κ3) is 4.01. The zero-order chi connectivity index (χ0) is 16.9. The number of rotatable bonds is 4. The molecule has 2 aromatic rings. The van der Waals surface area contributed by atoms with Crippen molar-refractivity contribution >= 4 is 29.1 Å². The van der Waals surface area contributed by atoms with Crippen molar-refractivity contribution in [2.45, 2.75) is 13.0 Å². The molecule has 24 heavy (non-hydrogen) atoms. The molecule has 0 spiro atoms. The summed E-state index contributed by atoms with van der Waals surface area (Å²) in [6.07, 6.45) is 3.51. The van der Waals surface area contributed by atoms with Gasteiger partial charge in [-0.25, -0.2) is 9.97 Å². The van der Waals surface area contributed by atoms with E-state index in [9.17, 15) is 4.79 Å². The predicted molar refractivity (Wildman–Crippen MR) is 94.5 cm³/mol. The van der Waals surface area contributed by atoms with Gasteiger partial charge in [0.25, 0.3) is 5.91 Å². The molecule has 0 bridgehead atoms. The summed E-state index contributed by atoms with van der Waals surface area (Å²) >= 11 is 5.96. The molecule has 7 heteroatoms. The minimum atomic E-state index is -0.122. The molecule has 0 saturated carbocycles. The quantitative estimate of drug-likeness (QED) is 0.862. The molecular weight excluding hydrogens is 326 g/mol. The Hall–Kier alpha value is -2.18. The first kappa shape index (κ1) is 16.7. The first-order valence-electron chi connectivity index (χ1n) is 8.06. The Kier molecular flexibility index (Phi) is 5.27. The Balaban J connectivity index is 1.55. The summed E-state index contributed by atoms with van der Waals surface area (Å²) in [4.78, 5) is 24.5. The zero-order valence-electron chi connectivity index (χ0n) is 13.6. The van der Waals surface area contributed by atoms with Gasteiger partial charge in [-0.2, -0.15) is 0 Å². The standard InChI is InChI=1S/C17H20ClN5O/c1-13(16(24)21-15-5-2-4-14(18)12-15)22-8-10-23(11-9-22)17-19-6-3-7-20-17/h2-7,12-13H,8-11H2,1H3,(H,21,24)/p+1/t13-/m0/s1. The number of aromatic nitrogens is 2. The molecule has 2 N–H and O–H groups in total. The fourth-order valence-corrected chi connectivity index (χ4v) is 3.07. The monoisotopic (exact) mass is 346 g/mol. The van der Waals surface area contributed by atoms with E-state index in [4.69, 9.17) is 11.6 Å². The van der Waals surface area contributed by atoms with Gasteiger partial charge in [0.15, 0.2) is 6.04 Å². The highest BCUT2D eigenvalue weighted by Gasteiger charge is 2.29. The molecule has 1 aromatic heterocycles. The highest BCUT2D eigenvalue weighted by Crippen LogP contribution is 2.14. The van der Waals surface area contributed by atoms with Crippen LogP contribution in [0.4, 0.5) is 11.6 Å². The van der Waals surface area contributed by atoms with E-state index in [2.05, 4.69) is 20.2 Å². The molecular formula is C17H21ClN5O+. The lowest BCUT2D eigenvalue weighted by molar-refractivity contribution is -0.914. The highest BCUT2D eigenvalue weighted by atomic mass is 35.5. The maximum absolute atomic E-state index is 12.5. The molecule has 1 atom stereocenters. The van der Waals surface area contributed by atoms with Crippen molar-refractivity contribution in [2.75, 3.05) is 36.4 Å². The first-order valence-corrected chi connectivity index (χ1v) is 8.44. The normalized spacial score (nSPS) is 16.7. The second-order valence-electron chi connectivity index (χ2n) is 5.92. The molecule has 1 aliphatic heterocycles. The van der Waals surface area contributed by atoms with Crippen LogP contribution in [-0.4, -0.2) is 48.1 Å². The fourth-order valence-electron chi connectivity index (χ4n) is 2.88. The summed E-state index contributed by atoms with van der Waals surface area (Å²) < 4.78 is 0. The summed E-state index contributed by atoms with van der Waals surface area (Å²) in [6.45, 7) is 5.40. The summed E-state index contributed by atoms with van der Waals surface area (Å²) in [5.74, 6) is 0.768. The molecule has 1 fully saturated rings. The van der Waals surface area contributed by atoms with E-state index in [1.165, 1.54) is 4.90 Å². The Labute approximate surface area is 146 Å². The van der Waals surface area contributed by atoms with Gasteiger partial charge in [-0.1, -0.05) is 17.7 Å². The Morgan fingerprint density at radius 1 is 1.25 bits per heavy atom. The number of carbonyl (C=O) groups excluding carboxylic acids is 1. The van der Waals surface area contributed by atoms with Crippen LogP contribution in [0.2, 0.25) is 5.02 Å². The van der Waals surface area contributed by atoms with Gasteiger partial charge in [0, 0.05) is 23.1 Å². The molecule has 3 rings (SSSR count). The molecule has 126 valence electrons. The lowest BCUT2D eigenvalue weighted by Gasteiger charge is -2.34. The van der Waals surface area contributed by atoms with Gasteiger partial charge in [-0.15, -0.1) is 0 Å². The molecule has 1 aromatic carbocycles. The van der Waals surface area contributed by atoms with Crippen LogP contribution >= 0.6 is 11.6 Å². The third-order valence-electron chi connectivity index (χ3n) is 4.34. The first-order chi connectivity index (χ1) is 11.6. The maximum atomic E-state index is 12.5. The Morgan fingerprint density at radius 3 is 2.62 bits per heavy atom. The number of nitrogens with zero attached hydrogens (tertiary/aromatic N) is 3. The summed E-state index contributed by atoms with van der Waals surface area (Å²) in [7, 11) is 0. The van der Waals surface area contributed by atoms with Crippen molar-refractivity contribution in [2.24, 2.45) is 0 Å². The average Bonchev–Trinajstić information content (AvgIpc) is 2.62. The number of benzene rings is 1. The molecule has 6 nitrogen and oxygen atoms in total. The minimum absolute atomic E-state index is 0.0108. The fraction of sp³-hybridized carbons (Fsp3) is 0.353. The molecule has 1 aliphatic rings. The number of anilines is 2. The van der Waals surface area contributed by atoms with Crippen molar-refractivity contribution in [1.82, 2.24) is 9.97 Å². The Bertz CT molecular complexity index is 688. The summed E-state index contributed by atoms with van der Waals surface area (Å²) in [5.41, 5.74) is 0.732. The molecule has 2 heterocycles. The van der Waals surface area contributed by atoms with Crippen molar-refractivity contribution in [3.8, 4) is 0 Å². The third-order valence-corrected chi connectivity index (χ3v) is 4.57. The van der Waals surface area contributed by atoms with Gasteiger partial charge in [-0.05, 0) is 31.2 Å². The predicted octanol–water partition coefficient (Wildman–Crippen LogP) is 0.862. The van der Waals surface area contributed by atoms with E-state index in [1.54, 1.807) is 24.5 Å². The van der Waals surface area contributed by atoms with Crippen molar-refractivity contribution in [3.63, 3.8) is 0 Å². The van der Waals surface area contributed by atoms with Crippen LogP contribution in [0.25, 0.3) is 0 Å². The number of quaternary nitrogens is 1.